The number of nitrogens with one attached hydrogen (secondary N) is 1. The van der Waals surface area contributed by atoms with Crippen LogP contribution in [0.1, 0.15) is 18.5 Å². The summed E-state index contributed by atoms with van der Waals surface area (Å²) in [6.45, 7) is 2.24. The number of ether oxygens (including phenoxy) is 1. The van der Waals surface area contributed by atoms with Crippen LogP contribution in [-0.2, 0) is 9.53 Å². The van der Waals surface area contributed by atoms with Gasteiger partial charge in [-0.2, -0.15) is 0 Å². The molecule has 0 fully saturated rings. The maximum Gasteiger partial charge on any atom is 0.319 e. The lowest BCUT2D eigenvalue weighted by atomic mass is 10.1. The highest BCUT2D eigenvalue weighted by atomic mass is 79.9. The molecular weight excluding hydrogens is 258 g/mol. The molecule has 0 aliphatic rings. The van der Waals surface area contributed by atoms with Crippen LogP contribution in [0.4, 0.5) is 0 Å². The number of halogens is 1. The molecule has 0 saturated heterocycles. The number of esters is 1. The van der Waals surface area contributed by atoms with Crippen LogP contribution in [-0.4, -0.2) is 19.6 Å². The third-order valence-corrected chi connectivity index (χ3v) is 2.68. The van der Waals surface area contributed by atoms with Crippen molar-refractivity contribution in [3.8, 4) is 0 Å². The summed E-state index contributed by atoms with van der Waals surface area (Å²) in [4.78, 5) is 10.9. The first-order valence-corrected chi connectivity index (χ1v) is 5.48. The Bertz CT molecular complexity index is 324. The third kappa shape index (κ3) is 4.01. The minimum atomic E-state index is -0.251. The lowest BCUT2D eigenvalue weighted by Crippen LogP contribution is -2.26. The first kappa shape index (κ1) is 12.2. The van der Waals surface area contributed by atoms with Gasteiger partial charge in [0.25, 0.3) is 0 Å². The van der Waals surface area contributed by atoms with Crippen LogP contribution in [0, 0.1) is 0 Å². The van der Waals surface area contributed by atoms with Crippen molar-refractivity contribution in [2.24, 2.45) is 0 Å². The van der Waals surface area contributed by atoms with Crippen molar-refractivity contribution >= 4 is 21.9 Å². The van der Waals surface area contributed by atoms with Crippen LogP contribution in [0.15, 0.2) is 28.7 Å². The van der Waals surface area contributed by atoms with Crippen molar-refractivity contribution in [2.75, 3.05) is 13.7 Å². The minimum absolute atomic E-state index is 0.136. The number of methoxy groups -OCH3 is 1. The first-order chi connectivity index (χ1) is 7.13. The Morgan fingerprint density at radius 2 is 2.07 bits per heavy atom. The molecule has 4 heteroatoms. The molecule has 0 aliphatic carbocycles. The van der Waals surface area contributed by atoms with Gasteiger partial charge >= 0.3 is 5.97 Å². The van der Waals surface area contributed by atoms with E-state index in [4.69, 9.17) is 0 Å². The fourth-order valence-electron chi connectivity index (χ4n) is 1.18. The van der Waals surface area contributed by atoms with Crippen LogP contribution < -0.4 is 5.32 Å². The summed E-state index contributed by atoms with van der Waals surface area (Å²) < 4.78 is 5.59. The van der Waals surface area contributed by atoms with E-state index in [9.17, 15) is 4.79 Å². The molecule has 0 aromatic heterocycles. The number of hydrogen-bond acceptors (Lipinski definition) is 3. The van der Waals surface area contributed by atoms with Crippen molar-refractivity contribution in [2.45, 2.75) is 13.0 Å². The molecule has 1 rings (SSSR count). The Hall–Kier alpha value is -0.870. The van der Waals surface area contributed by atoms with Crippen LogP contribution in [0.5, 0.6) is 0 Å². The number of rotatable bonds is 4. The SMILES string of the molecule is COC(=O)CNC(C)c1ccc(Br)cc1. The van der Waals surface area contributed by atoms with Crippen molar-refractivity contribution in [1.29, 1.82) is 0 Å². The number of hydrogen-bond donors (Lipinski definition) is 1. The zero-order chi connectivity index (χ0) is 11.3. The van der Waals surface area contributed by atoms with Gasteiger partial charge < -0.3 is 10.1 Å². The van der Waals surface area contributed by atoms with Gasteiger partial charge in [0.1, 0.15) is 0 Å². The van der Waals surface area contributed by atoms with Gasteiger partial charge in [-0.25, -0.2) is 0 Å². The summed E-state index contributed by atoms with van der Waals surface area (Å²) in [7, 11) is 1.38. The molecule has 0 aliphatic heterocycles. The molecular formula is C11H14BrNO2. The normalized spacial score (nSPS) is 12.2. The first-order valence-electron chi connectivity index (χ1n) is 4.69. The van der Waals surface area contributed by atoms with Crippen LogP contribution in [0.25, 0.3) is 0 Å². The van der Waals surface area contributed by atoms with Gasteiger partial charge in [-0.3, -0.25) is 4.79 Å². The lowest BCUT2D eigenvalue weighted by Gasteiger charge is -2.13. The van der Waals surface area contributed by atoms with E-state index < -0.39 is 0 Å². The largest absolute Gasteiger partial charge is 0.468 e. The zero-order valence-corrected chi connectivity index (χ0v) is 10.4. The van der Waals surface area contributed by atoms with Crippen molar-refractivity contribution in [1.82, 2.24) is 5.32 Å². The quantitative estimate of drug-likeness (QED) is 0.854. The lowest BCUT2D eigenvalue weighted by molar-refractivity contribution is -0.139. The van der Waals surface area contributed by atoms with Crippen LogP contribution >= 0.6 is 15.9 Å². The second kappa shape index (κ2) is 5.88. The smallest absolute Gasteiger partial charge is 0.319 e. The number of carbonyl (C=O) groups excluding carboxylic acids is 1. The summed E-state index contributed by atoms with van der Waals surface area (Å²) >= 11 is 3.37. The molecule has 1 unspecified atom stereocenters. The van der Waals surface area contributed by atoms with Gasteiger partial charge in [0.2, 0.25) is 0 Å². The molecule has 1 aromatic rings. The van der Waals surface area contributed by atoms with E-state index in [1.165, 1.54) is 7.11 Å². The highest BCUT2D eigenvalue weighted by Gasteiger charge is 2.06. The number of carbonyl (C=O) groups is 1. The fourth-order valence-corrected chi connectivity index (χ4v) is 1.44. The zero-order valence-electron chi connectivity index (χ0n) is 8.79. The van der Waals surface area contributed by atoms with E-state index in [1.54, 1.807) is 0 Å². The summed E-state index contributed by atoms with van der Waals surface area (Å²) in [5.74, 6) is -0.251. The van der Waals surface area contributed by atoms with E-state index in [2.05, 4.69) is 26.0 Å². The third-order valence-electron chi connectivity index (χ3n) is 2.15. The average Bonchev–Trinajstić information content (AvgIpc) is 2.26. The van der Waals surface area contributed by atoms with Gasteiger partial charge in [-0.15, -0.1) is 0 Å². The molecule has 82 valence electrons. The van der Waals surface area contributed by atoms with Gasteiger partial charge in [-0.05, 0) is 24.6 Å². The summed E-state index contributed by atoms with van der Waals surface area (Å²) in [6.07, 6.45) is 0. The van der Waals surface area contributed by atoms with Gasteiger partial charge in [0.15, 0.2) is 0 Å². The molecule has 0 radical (unpaired) electrons. The highest BCUT2D eigenvalue weighted by Crippen LogP contribution is 2.16. The topological polar surface area (TPSA) is 38.3 Å². The Labute approximate surface area is 97.9 Å². The summed E-state index contributed by atoms with van der Waals surface area (Å²) in [5, 5.41) is 3.08. The molecule has 15 heavy (non-hydrogen) atoms. The maximum absolute atomic E-state index is 10.9. The monoisotopic (exact) mass is 271 g/mol. The second-order valence-electron chi connectivity index (χ2n) is 3.23. The fraction of sp³-hybridized carbons (Fsp3) is 0.364. The average molecular weight is 272 g/mol. The van der Waals surface area contributed by atoms with E-state index in [1.807, 2.05) is 31.2 Å². The van der Waals surface area contributed by atoms with Gasteiger partial charge in [-0.1, -0.05) is 28.1 Å². The molecule has 0 spiro atoms. The van der Waals surface area contributed by atoms with E-state index in [0.717, 1.165) is 10.0 Å². The van der Waals surface area contributed by atoms with E-state index in [-0.39, 0.29) is 18.6 Å². The molecule has 3 nitrogen and oxygen atoms in total. The van der Waals surface area contributed by atoms with E-state index >= 15 is 0 Å². The predicted octanol–water partition coefficient (Wildman–Crippen LogP) is 2.27. The summed E-state index contributed by atoms with van der Waals surface area (Å²) in [5.41, 5.74) is 1.14. The highest BCUT2D eigenvalue weighted by molar-refractivity contribution is 9.10. The Kier molecular flexibility index (Phi) is 4.78. The number of benzene rings is 1. The molecule has 1 aromatic carbocycles. The Morgan fingerprint density at radius 1 is 1.47 bits per heavy atom. The predicted molar refractivity (Wildman–Crippen MR) is 62.6 cm³/mol. The second-order valence-corrected chi connectivity index (χ2v) is 4.15. The molecule has 0 amide bonds. The molecule has 0 bridgehead atoms. The van der Waals surface area contributed by atoms with E-state index in [0.29, 0.717) is 0 Å². The Morgan fingerprint density at radius 3 is 2.60 bits per heavy atom. The molecule has 1 N–H and O–H groups in total. The molecule has 1 atom stereocenters. The van der Waals surface area contributed by atoms with Gasteiger partial charge in [0, 0.05) is 10.5 Å². The van der Waals surface area contributed by atoms with Crippen molar-refractivity contribution < 1.29 is 9.53 Å². The van der Waals surface area contributed by atoms with Gasteiger partial charge in [0.05, 0.1) is 13.7 Å². The Balaban J connectivity index is 2.50. The van der Waals surface area contributed by atoms with Crippen LogP contribution in [0.3, 0.4) is 0 Å². The van der Waals surface area contributed by atoms with Crippen molar-refractivity contribution in [3.05, 3.63) is 34.3 Å². The molecule has 0 saturated carbocycles. The minimum Gasteiger partial charge on any atom is -0.468 e. The van der Waals surface area contributed by atoms with Crippen molar-refractivity contribution in [3.63, 3.8) is 0 Å². The maximum atomic E-state index is 10.9. The summed E-state index contributed by atoms with van der Waals surface area (Å²) in [6, 6.07) is 8.12. The molecule has 0 heterocycles. The van der Waals surface area contributed by atoms with Crippen LogP contribution in [0.2, 0.25) is 0 Å². The standard InChI is InChI=1S/C11H14BrNO2/c1-8(13-7-11(14)15-2)9-3-5-10(12)6-4-9/h3-6,8,13H,7H2,1-2H3.